The monoisotopic (exact) mass is 314 g/mol. The van der Waals surface area contributed by atoms with Gasteiger partial charge in [-0.2, -0.15) is 0 Å². The third-order valence-electron chi connectivity index (χ3n) is 3.36. The Morgan fingerprint density at radius 3 is 2.52 bits per heavy atom. The van der Waals surface area contributed by atoms with E-state index >= 15 is 0 Å². The number of nitro benzene ring substituents is 1. The lowest BCUT2D eigenvalue weighted by Crippen LogP contribution is -2.31. The molecule has 0 aromatic heterocycles. The van der Waals surface area contributed by atoms with Crippen LogP contribution in [-0.2, 0) is 11.3 Å². The first kappa shape index (κ1) is 16.5. The summed E-state index contributed by atoms with van der Waals surface area (Å²) in [7, 11) is 0. The van der Waals surface area contributed by atoms with Crippen molar-refractivity contribution in [3.8, 4) is 0 Å². The average Bonchev–Trinajstić information content (AvgIpc) is 2.54. The van der Waals surface area contributed by atoms with Gasteiger partial charge in [-0.05, 0) is 31.0 Å². The molecule has 1 amide bonds. The standard InChI is InChI=1S/C17H18N2O4/c1-3-18(16-11-13(2)9-10-15(16)19(21)22)17(20)23-12-14-7-5-4-6-8-14/h4-11H,3,12H2,1-2H3. The fraction of sp³-hybridized carbons (Fsp3) is 0.235. The first-order valence-corrected chi connectivity index (χ1v) is 7.26. The Morgan fingerprint density at radius 2 is 1.91 bits per heavy atom. The van der Waals surface area contributed by atoms with E-state index in [4.69, 9.17) is 4.74 Å². The van der Waals surface area contributed by atoms with E-state index in [1.54, 1.807) is 19.1 Å². The van der Waals surface area contributed by atoms with Gasteiger partial charge in [0.05, 0.1) is 4.92 Å². The molecule has 0 saturated heterocycles. The van der Waals surface area contributed by atoms with Crippen molar-refractivity contribution in [3.63, 3.8) is 0 Å². The highest BCUT2D eigenvalue weighted by Crippen LogP contribution is 2.29. The maximum absolute atomic E-state index is 12.3. The third kappa shape index (κ3) is 4.06. The molecule has 0 aliphatic carbocycles. The van der Waals surface area contributed by atoms with E-state index in [9.17, 15) is 14.9 Å². The Kier molecular flexibility index (Phi) is 5.30. The highest BCUT2D eigenvalue weighted by Gasteiger charge is 2.24. The second-order valence-corrected chi connectivity index (χ2v) is 5.03. The summed E-state index contributed by atoms with van der Waals surface area (Å²) in [6.07, 6.45) is -0.606. The lowest BCUT2D eigenvalue weighted by atomic mass is 10.2. The highest BCUT2D eigenvalue weighted by molar-refractivity contribution is 5.90. The number of hydrogen-bond donors (Lipinski definition) is 0. The summed E-state index contributed by atoms with van der Waals surface area (Å²) in [5, 5.41) is 11.2. The van der Waals surface area contributed by atoms with Crippen LogP contribution in [0.4, 0.5) is 16.2 Å². The van der Waals surface area contributed by atoms with Crippen LogP contribution in [0.15, 0.2) is 48.5 Å². The first-order valence-electron chi connectivity index (χ1n) is 7.26. The van der Waals surface area contributed by atoms with Crippen LogP contribution >= 0.6 is 0 Å². The van der Waals surface area contributed by atoms with Crippen LogP contribution in [0, 0.1) is 17.0 Å². The number of amides is 1. The quantitative estimate of drug-likeness (QED) is 0.616. The van der Waals surface area contributed by atoms with E-state index in [1.165, 1.54) is 11.0 Å². The molecule has 0 N–H and O–H groups in total. The molecular formula is C17H18N2O4. The van der Waals surface area contributed by atoms with Gasteiger partial charge < -0.3 is 4.74 Å². The molecule has 0 unspecified atom stereocenters. The molecule has 6 nitrogen and oxygen atoms in total. The molecule has 0 radical (unpaired) electrons. The van der Waals surface area contributed by atoms with E-state index in [0.717, 1.165) is 11.1 Å². The molecular weight excluding hydrogens is 296 g/mol. The minimum absolute atomic E-state index is 0.117. The number of anilines is 1. The molecule has 2 rings (SSSR count). The van der Waals surface area contributed by atoms with Gasteiger partial charge >= 0.3 is 6.09 Å². The molecule has 0 fully saturated rings. The predicted molar refractivity (Wildman–Crippen MR) is 87.5 cm³/mol. The Balaban J connectivity index is 2.20. The zero-order chi connectivity index (χ0) is 16.8. The molecule has 0 saturated carbocycles. The largest absolute Gasteiger partial charge is 0.444 e. The number of benzene rings is 2. The van der Waals surface area contributed by atoms with Crippen LogP contribution in [0.5, 0.6) is 0 Å². The molecule has 0 aliphatic rings. The van der Waals surface area contributed by atoms with Gasteiger partial charge in [-0.25, -0.2) is 4.79 Å². The van der Waals surface area contributed by atoms with Crippen LogP contribution in [0.25, 0.3) is 0 Å². The zero-order valence-corrected chi connectivity index (χ0v) is 13.1. The summed E-state index contributed by atoms with van der Waals surface area (Å²) in [6, 6.07) is 13.9. The first-order chi connectivity index (χ1) is 11.0. The van der Waals surface area contributed by atoms with E-state index in [2.05, 4.69) is 0 Å². The van der Waals surface area contributed by atoms with Gasteiger partial charge in [0.1, 0.15) is 12.3 Å². The van der Waals surface area contributed by atoms with Gasteiger partial charge in [0.15, 0.2) is 0 Å². The topological polar surface area (TPSA) is 72.7 Å². The number of carbonyl (C=O) groups excluding carboxylic acids is 1. The number of ether oxygens (including phenoxy) is 1. The third-order valence-corrected chi connectivity index (χ3v) is 3.36. The summed E-state index contributed by atoms with van der Waals surface area (Å²) in [5.41, 5.74) is 1.82. The number of nitro groups is 1. The Morgan fingerprint density at radius 1 is 1.22 bits per heavy atom. The van der Waals surface area contributed by atoms with E-state index in [-0.39, 0.29) is 24.5 Å². The van der Waals surface area contributed by atoms with Crippen LogP contribution in [0.1, 0.15) is 18.1 Å². The van der Waals surface area contributed by atoms with Crippen molar-refractivity contribution in [2.45, 2.75) is 20.5 Å². The van der Waals surface area contributed by atoms with Crippen LogP contribution < -0.4 is 4.90 Å². The molecule has 0 heterocycles. The lowest BCUT2D eigenvalue weighted by molar-refractivity contribution is -0.384. The summed E-state index contributed by atoms with van der Waals surface area (Å²) in [6.45, 7) is 3.96. The van der Waals surface area contributed by atoms with E-state index in [0.29, 0.717) is 0 Å². The molecule has 0 spiro atoms. The van der Waals surface area contributed by atoms with Crippen molar-refractivity contribution >= 4 is 17.5 Å². The number of carbonyl (C=O) groups is 1. The van der Waals surface area contributed by atoms with Crippen LogP contribution in [-0.4, -0.2) is 17.6 Å². The molecule has 6 heteroatoms. The van der Waals surface area contributed by atoms with Gasteiger partial charge in [0.25, 0.3) is 5.69 Å². The van der Waals surface area contributed by atoms with E-state index in [1.807, 2.05) is 37.3 Å². The van der Waals surface area contributed by atoms with Gasteiger partial charge in [0, 0.05) is 12.6 Å². The van der Waals surface area contributed by atoms with Crippen molar-refractivity contribution in [1.29, 1.82) is 0 Å². The van der Waals surface area contributed by atoms with E-state index < -0.39 is 11.0 Å². The van der Waals surface area contributed by atoms with Crippen molar-refractivity contribution < 1.29 is 14.5 Å². The molecule has 2 aromatic carbocycles. The van der Waals surface area contributed by atoms with Crippen molar-refractivity contribution in [1.82, 2.24) is 0 Å². The SMILES string of the molecule is CCN(C(=O)OCc1ccccc1)c1cc(C)ccc1[N+](=O)[O-]. The lowest BCUT2D eigenvalue weighted by Gasteiger charge is -2.20. The smallest absolute Gasteiger partial charge is 0.414 e. The fourth-order valence-corrected chi connectivity index (χ4v) is 2.20. The Hall–Kier alpha value is -2.89. The van der Waals surface area contributed by atoms with Gasteiger partial charge in [-0.1, -0.05) is 36.4 Å². The molecule has 0 bridgehead atoms. The molecule has 0 aliphatic heterocycles. The molecule has 0 atom stereocenters. The second kappa shape index (κ2) is 7.40. The maximum atomic E-state index is 12.3. The summed E-state index contributed by atoms with van der Waals surface area (Å²) in [4.78, 5) is 24.3. The summed E-state index contributed by atoms with van der Waals surface area (Å²) < 4.78 is 5.27. The predicted octanol–water partition coefficient (Wildman–Crippen LogP) is 4.07. The van der Waals surface area contributed by atoms with Crippen LogP contribution in [0.2, 0.25) is 0 Å². The number of hydrogen-bond acceptors (Lipinski definition) is 4. The van der Waals surface area contributed by atoms with Gasteiger partial charge in [-0.15, -0.1) is 0 Å². The minimum Gasteiger partial charge on any atom is -0.444 e. The number of rotatable bonds is 5. The fourth-order valence-electron chi connectivity index (χ4n) is 2.20. The highest BCUT2D eigenvalue weighted by atomic mass is 16.6. The van der Waals surface area contributed by atoms with Gasteiger partial charge in [-0.3, -0.25) is 15.0 Å². The average molecular weight is 314 g/mol. The van der Waals surface area contributed by atoms with Crippen molar-refractivity contribution in [2.75, 3.05) is 11.4 Å². The molecule has 23 heavy (non-hydrogen) atoms. The van der Waals surface area contributed by atoms with Crippen LogP contribution in [0.3, 0.4) is 0 Å². The van der Waals surface area contributed by atoms with Gasteiger partial charge in [0.2, 0.25) is 0 Å². The summed E-state index contributed by atoms with van der Waals surface area (Å²) in [5.74, 6) is 0. The second-order valence-electron chi connectivity index (χ2n) is 5.03. The zero-order valence-electron chi connectivity index (χ0n) is 13.1. The minimum atomic E-state index is -0.606. The van der Waals surface area contributed by atoms with Crippen molar-refractivity contribution in [3.05, 3.63) is 69.8 Å². The Bertz CT molecular complexity index is 701. The molecule has 120 valence electrons. The normalized spacial score (nSPS) is 10.2. The maximum Gasteiger partial charge on any atom is 0.414 e. The number of aryl methyl sites for hydroxylation is 1. The molecule has 2 aromatic rings. The summed E-state index contributed by atoms with van der Waals surface area (Å²) >= 11 is 0. The number of nitrogens with zero attached hydrogens (tertiary/aromatic N) is 2. The Labute approximate surface area is 134 Å². The van der Waals surface area contributed by atoms with Crippen molar-refractivity contribution in [2.24, 2.45) is 0 Å².